The molecular formula is C31H32ClNO3S. The molecule has 0 unspecified atom stereocenters. The van der Waals surface area contributed by atoms with Gasteiger partial charge in [-0.1, -0.05) is 42.6 Å². The predicted octanol–water partition coefficient (Wildman–Crippen LogP) is 8.32. The normalized spacial score (nSPS) is 14.6. The van der Waals surface area contributed by atoms with Crippen LogP contribution in [-0.2, 0) is 6.42 Å². The minimum atomic E-state index is -0.174. The largest absolute Gasteiger partial charge is 0.508 e. The predicted molar refractivity (Wildman–Crippen MR) is 153 cm³/mol. The summed E-state index contributed by atoms with van der Waals surface area (Å²) in [5.41, 5.74) is 3.59. The minimum Gasteiger partial charge on any atom is -0.508 e. The summed E-state index contributed by atoms with van der Waals surface area (Å²) in [6.07, 6.45) is 6.30. The third kappa shape index (κ3) is 5.85. The van der Waals surface area contributed by atoms with Crippen LogP contribution in [0.1, 0.15) is 57.6 Å². The average Bonchev–Trinajstić information content (AvgIpc) is 3.01. The molecule has 0 aliphatic carbocycles. The Bertz CT molecular complexity index is 1400. The van der Waals surface area contributed by atoms with Gasteiger partial charge in [0.2, 0.25) is 5.78 Å². The highest BCUT2D eigenvalue weighted by atomic mass is 35.5. The number of phenols is 1. The Hall–Kier alpha value is -2.86. The summed E-state index contributed by atoms with van der Waals surface area (Å²) >= 11 is 7.84. The first kappa shape index (κ1) is 25.8. The SMILES string of the molecule is Cc1cc(C)c(C(=O)c2sc3cc(O)ccc3c2Oc2ccc(CCN3CCCCCC3)cc2)c(Cl)c1. The molecule has 0 bridgehead atoms. The lowest BCUT2D eigenvalue weighted by Crippen LogP contribution is -2.26. The van der Waals surface area contributed by atoms with Crippen LogP contribution >= 0.6 is 22.9 Å². The second-order valence-corrected chi connectivity index (χ2v) is 11.4. The Morgan fingerprint density at radius 2 is 1.73 bits per heavy atom. The zero-order valence-corrected chi connectivity index (χ0v) is 22.9. The monoisotopic (exact) mass is 533 g/mol. The lowest BCUT2D eigenvalue weighted by atomic mass is 10.0. The van der Waals surface area contributed by atoms with Gasteiger partial charge in [-0.25, -0.2) is 0 Å². The van der Waals surface area contributed by atoms with Crippen LogP contribution in [0, 0.1) is 13.8 Å². The molecule has 0 atom stereocenters. The van der Waals surface area contributed by atoms with Crippen LogP contribution in [0.4, 0.5) is 0 Å². The van der Waals surface area contributed by atoms with Gasteiger partial charge in [-0.05, 0) is 99.3 Å². The number of aromatic hydroxyl groups is 1. The van der Waals surface area contributed by atoms with Crippen LogP contribution in [0.15, 0.2) is 54.6 Å². The zero-order valence-electron chi connectivity index (χ0n) is 21.4. The van der Waals surface area contributed by atoms with E-state index < -0.39 is 0 Å². The standard InChI is InChI=1S/C31H32ClNO3S/c1-20-17-21(2)28(26(32)18-20)29(35)31-30(25-12-9-23(34)19-27(25)37-31)36-24-10-7-22(8-11-24)13-16-33-14-5-3-4-6-15-33/h7-12,17-19,34H,3-6,13-16H2,1-2H3. The maximum atomic E-state index is 13.8. The fourth-order valence-electron chi connectivity index (χ4n) is 5.12. The number of halogens is 1. The van der Waals surface area contributed by atoms with E-state index in [-0.39, 0.29) is 11.5 Å². The maximum absolute atomic E-state index is 13.8. The number of ether oxygens (including phenoxy) is 1. The van der Waals surface area contributed by atoms with Crippen molar-refractivity contribution in [1.82, 2.24) is 4.90 Å². The number of carbonyl (C=O) groups excluding carboxylic acids is 1. The summed E-state index contributed by atoms with van der Waals surface area (Å²) in [4.78, 5) is 16.8. The summed E-state index contributed by atoms with van der Waals surface area (Å²) in [6, 6.07) is 17.0. The number of hydrogen-bond donors (Lipinski definition) is 1. The van der Waals surface area contributed by atoms with Crippen molar-refractivity contribution in [2.75, 3.05) is 19.6 Å². The first-order valence-corrected chi connectivity index (χ1v) is 14.1. The molecule has 5 rings (SSSR count). The number of nitrogens with zero attached hydrogens (tertiary/aromatic N) is 1. The molecule has 6 heteroatoms. The van der Waals surface area contributed by atoms with E-state index in [0.717, 1.165) is 34.2 Å². The average molecular weight is 534 g/mol. The molecule has 1 N–H and O–H groups in total. The van der Waals surface area contributed by atoms with Crippen LogP contribution in [0.2, 0.25) is 5.02 Å². The Morgan fingerprint density at radius 3 is 2.43 bits per heavy atom. The Morgan fingerprint density at radius 1 is 1.00 bits per heavy atom. The van der Waals surface area contributed by atoms with Gasteiger partial charge in [0.15, 0.2) is 5.75 Å². The van der Waals surface area contributed by atoms with E-state index in [9.17, 15) is 9.90 Å². The molecule has 37 heavy (non-hydrogen) atoms. The number of hydrogen-bond acceptors (Lipinski definition) is 5. The van der Waals surface area contributed by atoms with Gasteiger partial charge in [0.25, 0.3) is 0 Å². The second-order valence-electron chi connectivity index (χ2n) is 9.96. The molecule has 2 heterocycles. The number of thiophene rings is 1. The van der Waals surface area contributed by atoms with Crippen molar-refractivity contribution in [1.29, 1.82) is 0 Å². The van der Waals surface area contributed by atoms with Crippen LogP contribution in [0.3, 0.4) is 0 Å². The van der Waals surface area contributed by atoms with E-state index in [1.165, 1.54) is 55.7 Å². The van der Waals surface area contributed by atoms with Gasteiger partial charge in [-0.3, -0.25) is 4.79 Å². The minimum absolute atomic E-state index is 0.151. The van der Waals surface area contributed by atoms with E-state index in [1.807, 2.05) is 38.1 Å². The van der Waals surface area contributed by atoms with Gasteiger partial charge in [-0.15, -0.1) is 11.3 Å². The maximum Gasteiger partial charge on any atom is 0.208 e. The Labute approximate surface area is 227 Å². The van der Waals surface area contributed by atoms with Crippen molar-refractivity contribution in [3.63, 3.8) is 0 Å². The van der Waals surface area contributed by atoms with Crippen LogP contribution in [-0.4, -0.2) is 35.4 Å². The molecule has 0 radical (unpaired) electrons. The van der Waals surface area contributed by atoms with E-state index in [0.29, 0.717) is 27.0 Å². The molecule has 3 aromatic carbocycles. The molecule has 4 aromatic rings. The third-order valence-electron chi connectivity index (χ3n) is 7.05. The van der Waals surface area contributed by atoms with Gasteiger partial charge in [0.1, 0.15) is 16.4 Å². The van der Waals surface area contributed by atoms with Crippen molar-refractivity contribution >= 4 is 38.8 Å². The first-order valence-electron chi connectivity index (χ1n) is 12.9. The van der Waals surface area contributed by atoms with Gasteiger partial charge in [-0.2, -0.15) is 0 Å². The van der Waals surface area contributed by atoms with Crippen LogP contribution < -0.4 is 4.74 Å². The van der Waals surface area contributed by atoms with Crippen molar-refractivity contribution in [3.8, 4) is 17.2 Å². The molecule has 4 nitrogen and oxygen atoms in total. The summed E-state index contributed by atoms with van der Waals surface area (Å²) in [5, 5.41) is 11.3. The Balaban J connectivity index is 1.42. The molecule has 0 saturated carbocycles. The number of benzene rings is 3. The lowest BCUT2D eigenvalue weighted by molar-refractivity contribution is 0.104. The van der Waals surface area contributed by atoms with E-state index in [1.54, 1.807) is 18.2 Å². The van der Waals surface area contributed by atoms with Crippen molar-refractivity contribution in [3.05, 3.63) is 86.8 Å². The number of phenolic OH excluding ortho intramolecular Hbond substituents is 1. The second kappa shape index (κ2) is 11.3. The summed E-state index contributed by atoms with van der Waals surface area (Å²) < 4.78 is 7.15. The van der Waals surface area contributed by atoms with Gasteiger partial charge in [0, 0.05) is 22.2 Å². The Kier molecular flexibility index (Phi) is 7.84. The molecule has 1 fully saturated rings. The number of rotatable bonds is 7. The highest BCUT2D eigenvalue weighted by Gasteiger charge is 2.25. The summed E-state index contributed by atoms with van der Waals surface area (Å²) in [7, 11) is 0. The third-order valence-corrected chi connectivity index (χ3v) is 8.48. The first-order chi connectivity index (χ1) is 17.9. The van der Waals surface area contributed by atoms with Crippen LogP contribution in [0.5, 0.6) is 17.2 Å². The molecule has 1 saturated heterocycles. The highest BCUT2D eigenvalue weighted by molar-refractivity contribution is 7.21. The quantitative estimate of drug-likeness (QED) is 0.243. The number of likely N-dealkylation sites (tertiary alicyclic amines) is 1. The summed E-state index contributed by atoms with van der Waals surface area (Å²) in [5.74, 6) is 1.15. The molecular weight excluding hydrogens is 502 g/mol. The fraction of sp³-hybridized carbons (Fsp3) is 0.323. The summed E-state index contributed by atoms with van der Waals surface area (Å²) in [6.45, 7) is 7.33. The lowest BCUT2D eigenvalue weighted by Gasteiger charge is -2.19. The molecule has 1 aliphatic heterocycles. The van der Waals surface area contributed by atoms with Crippen molar-refractivity contribution in [2.24, 2.45) is 0 Å². The van der Waals surface area contributed by atoms with Gasteiger partial charge < -0.3 is 14.7 Å². The molecule has 0 amide bonds. The molecule has 0 spiro atoms. The molecule has 192 valence electrons. The van der Waals surface area contributed by atoms with E-state index in [4.69, 9.17) is 16.3 Å². The van der Waals surface area contributed by atoms with E-state index in [2.05, 4.69) is 17.0 Å². The number of carbonyl (C=O) groups is 1. The highest BCUT2D eigenvalue weighted by Crippen LogP contribution is 2.43. The number of aryl methyl sites for hydroxylation is 2. The van der Waals surface area contributed by atoms with Crippen LogP contribution in [0.25, 0.3) is 10.1 Å². The van der Waals surface area contributed by atoms with Crippen molar-refractivity contribution < 1.29 is 14.6 Å². The topological polar surface area (TPSA) is 49.8 Å². The number of ketones is 1. The van der Waals surface area contributed by atoms with E-state index >= 15 is 0 Å². The number of fused-ring (bicyclic) bond motifs is 1. The zero-order chi connectivity index (χ0) is 25.9. The fourth-order valence-corrected chi connectivity index (χ4v) is 6.63. The molecule has 1 aliphatic rings. The van der Waals surface area contributed by atoms with Gasteiger partial charge in [0.05, 0.1) is 5.02 Å². The van der Waals surface area contributed by atoms with Gasteiger partial charge >= 0.3 is 0 Å². The molecule has 1 aromatic heterocycles. The smallest absolute Gasteiger partial charge is 0.208 e. The van der Waals surface area contributed by atoms with Crippen molar-refractivity contribution in [2.45, 2.75) is 46.0 Å².